The van der Waals surface area contributed by atoms with Crippen molar-refractivity contribution in [1.29, 1.82) is 0 Å². The Hall–Kier alpha value is -3.34. The lowest BCUT2D eigenvalue weighted by Gasteiger charge is -2.07. The highest BCUT2D eigenvalue weighted by molar-refractivity contribution is 6.07. The molecule has 0 radical (unpaired) electrons. The van der Waals surface area contributed by atoms with Gasteiger partial charge in [0.05, 0.1) is 18.9 Å². The summed E-state index contributed by atoms with van der Waals surface area (Å²) in [4.78, 5) is 24.1. The molecule has 1 N–H and O–H groups in total. The second kappa shape index (κ2) is 6.83. The summed E-state index contributed by atoms with van der Waals surface area (Å²) in [5.74, 6) is -0.639. The highest BCUT2D eigenvalue weighted by Gasteiger charge is 2.17. The van der Waals surface area contributed by atoms with Gasteiger partial charge in [-0.3, -0.25) is 4.79 Å². The molecule has 0 fully saturated rings. The van der Waals surface area contributed by atoms with Crippen LogP contribution < -0.4 is 5.32 Å². The predicted octanol–water partition coefficient (Wildman–Crippen LogP) is 3.99. The fourth-order valence-corrected chi connectivity index (χ4v) is 2.36. The van der Waals surface area contributed by atoms with Crippen molar-refractivity contribution in [3.8, 4) is 11.1 Å². The van der Waals surface area contributed by atoms with E-state index in [0.29, 0.717) is 16.8 Å². The fourth-order valence-electron chi connectivity index (χ4n) is 2.36. The maximum Gasteiger partial charge on any atom is 0.337 e. The van der Waals surface area contributed by atoms with Gasteiger partial charge in [0.15, 0.2) is 5.76 Å². The quantitative estimate of drug-likeness (QED) is 0.738. The fraction of sp³-hybridized carbons (Fsp3) is 0.0526. The molecule has 0 bridgehead atoms. The van der Waals surface area contributed by atoms with Crippen LogP contribution in [-0.2, 0) is 4.74 Å². The minimum Gasteiger partial charge on any atom is -0.465 e. The molecule has 5 heteroatoms. The number of benzene rings is 2. The summed E-state index contributed by atoms with van der Waals surface area (Å²) in [7, 11) is 1.31. The first-order valence-corrected chi connectivity index (χ1v) is 7.31. The standard InChI is InChI=1S/C19H15NO4/c1-23-19(22)14-8-5-9-15(12-14)20-18(21)17-16(10-11-24-17)13-6-3-2-4-7-13/h2-12H,1H3,(H,20,21). The number of esters is 1. The van der Waals surface area contributed by atoms with Gasteiger partial charge in [-0.25, -0.2) is 4.79 Å². The van der Waals surface area contributed by atoms with Crippen LogP contribution in [0.5, 0.6) is 0 Å². The summed E-state index contributed by atoms with van der Waals surface area (Å²) in [6.45, 7) is 0. The van der Waals surface area contributed by atoms with Crippen LogP contribution in [0.15, 0.2) is 71.3 Å². The number of furan rings is 1. The molecule has 3 aromatic rings. The largest absolute Gasteiger partial charge is 0.465 e. The van der Waals surface area contributed by atoms with Crippen molar-refractivity contribution in [3.05, 3.63) is 78.3 Å². The van der Waals surface area contributed by atoms with Gasteiger partial charge in [-0.2, -0.15) is 0 Å². The second-order valence-electron chi connectivity index (χ2n) is 5.06. The number of carbonyl (C=O) groups is 2. The Kier molecular flexibility index (Phi) is 4.43. The number of rotatable bonds is 4. The van der Waals surface area contributed by atoms with Crippen LogP contribution in [0.1, 0.15) is 20.9 Å². The van der Waals surface area contributed by atoms with Crippen molar-refractivity contribution < 1.29 is 18.7 Å². The molecule has 3 rings (SSSR count). The third-order valence-electron chi connectivity index (χ3n) is 3.50. The monoisotopic (exact) mass is 321 g/mol. The average Bonchev–Trinajstić information content (AvgIpc) is 3.12. The van der Waals surface area contributed by atoms with Crippen LogP contribution in [0.2, 0.25) is 0 Å². The molecule has 0 spiro atoms. The van der Waals surface area contributed by atoms with Crippen molar-refractivity contribution in [2.45, 2.75) is 0 Å². The smallest absolute Gasteiger partial charge is 0.337 e. The van der Waals surface area contributed by atoms with Gasteiger partial charge in [-0.1, -0.05) is 36.4 Å². The molecule has 1 amide bonds. The third-order valence-corrected chi connectivity index (χ3v) is 3.50. The molecule has 0 saturated carbocycles. The minimum absolute atomic E-state index is 0.213. The molecule has 0 aliphatic heterocycles. The van der Waals surface area contributed by atoms with Gasteiger partial charge in [0.1, 0.15) is 0 Å². The number of nitrogens with one attached hydrogen (secondary N) is 1. The zero-order valence-corrected chi connectivity index (χ0v) is 13.0. The van der Waals surface area contributed by atoms with Gasteiger partial charge in [-0.05, 0) is 29.8 Å². The van der Waals surface area contributed by atoms with Gasteiger partial charge in [-0.15, -0.1) is 0 Å². The number of ether oxygens (including phenoxy) is 1. The highest BCUT2D eigenvalue weighted by Crippen LogP contribution is 2.25. The van der Waals surface area contributed by atoms with Crippen molar-refractivity contribution in [2.24, 2.45) is 0 Å². The predicted molar refractivity (Wildman–Crippen MR) is 89.9 cm³/mol. The number of hydrogen-bond acceptors (Lipinski definition) is 4. The van der Waals surface area contributed by atoms with Crippen LogP contribution in [0.25, 0.3) is 11.1 Å². The lowest BCUT2D eigenvalue weighted by atomic mass is 10.1. The number of amides is 1. The molecule has 120 valence electrons. The van der Waals surface area contributed by atoms with Crippen molar-refractivity contribution in [3.63, 3.8) is 0 Å². The second-order valence-corrected chi connectivity index (χ2v) is 5.06. The Morgan fingerprint density at radius 1 is 1.00 bits per heavy atom. The first-order chi connectivity index (χ1) is 11.7. The topological polar surface area (TPSA) is 68.5 Å². The van der Waals surface area contributed by atoms with Gasteiger partial charge in [0, 0.05) is 11.3 Å². The third kappa shape index (κ3) is 3.20. The number of anilines is 1. The van der Waals surface area contributed by atoms with E-state index < -0.39 is 5.97 Å². The molecule has 1 heterocycles. The Bertz CT molecular complexity index is 868. The van der Waals surface area contributed by atoms with E-state index in [-0.39, 0.29) is 11.7 Å². The summed E-state index contributed by atoms with van der Waals surface area (Å²) in [5.41, 5.74) is 2.44. The van der Waals surface area contributed by atoms with Crippen LogP contribution in [-0.4, -0.2) is 19.0 Å². The summed E-state index contributed by atoms with van der Waals surface area (Å²) in [6, 6.07) is 17.8. The normalized spacial score (nSPS) is 10.2. The van der Waals surface area contributed by atoms with Crippen LogP contribution in [0, 0.1) is 0 Å². The molecule has 0 atom stereocenters. The minimum atomic E-state index is -0.464. The van der Waals surface area contributed by atoms with E-state index in [0.717, 1.165) is 5.56 Å². The van der Waals surface area contributed by atoms with Gasteiger partial charge >= 0.3 is 5.97 Å². The Balaban J connectivity index is 1.84. The zero-order valence-electron chi connectivity index (χ0n) is 13.0. The highest BCUT2D eigenvalue weighted by atomic mass is 16.5. The summed E-state index contributed by atoms with van der Waals surface area (Å²) in [6.07, 6.45) is 1.47. The van der Waals surface area contributed by atoms with Crippen LogP contribution >= 0.6 is 0 Å². The van der Waals surface area contributed by atoms with Gasteiger partial charge < -0.3 is 14.5 Å². The number of carbonyl (C=O) groups excluding carboxylic acids is 2. The number of methoxy groups -OCH3 is 1. The molecular formula is C19H15NO4. The Morgan fingerprint density at radius 3 is 2.54 bits per heavy atom. The van der Waals surface area contributed by atoms with E-state index in [9.17, 15) is 9.59 Å². The molecule has 2 aromatic carbocycles. The van der Waals surface area contributed by atoms with E-state index in [1.807, 2.05) is 30.3 Å². The summed E-state index contributed by atoms with van der Waals surface area (Å²) >= 11 is 0. The Morgan fingerprint density at radius 2 is 1.79 bits per heavy atom. The maximum atomic E-state index is 12.5. The average molecular weight is 321 g/mol. The molecule has 0 saturated heterocycles. The van der Waals surface area contributed by atoms with E-state index in [4.69, 9.17) is 4.42 Å². The molecule has 5 nitrogen and oxygen atoms in total. The lowest BCUT2D eigenvalue weighted by Crippen LogP contribution is -2.12. The van der Waals surface area contributed by atoms with Crippen molar-refractivity contribution in [1.82, 2.24) is 0 Å². The summed E-state index contributed by atoms with van der Waals surface area (Å²) in [5, 5.41) is 2.73. The first kappa shape index (κ1) is 15.6. The van der Waals surface area contributed by atoms with Gasteiger partial charge in [0.25, 0.3) is 5.91 Å². The lowest BCUT2D eigenvalue weighted by molar-refractivity contribution is 0.0600. The SMILES string of the molecule is COC(=O)c1cccc(NC(=O)c2occc2-c2ccccc2)c1. The number of hydrogen-bond donors (Lipinski definition) is 1. The van der Waals surface area contributed by atoms with E-state index >= 15 is 0 Å². The molecule has 0 aliphatic rings. The van der Waals surface area contributed by atoms with E-state index in [1.165, 1.54) is 13.4 Å². The van der Waals surface area contributed by atoms with E-state index in [2.05, 4.69) is 10.1 Å². The molecular weight excluding hydrogens is 306 g/mol. The Labute approximate surface area is 138 Å². The first-order valence-electron chi connectivity index (χ1n) is 7.31. The van der Waals surface area contributed by atoms with Crippen molar-refractivity contribution in [2.75, 3.05) is 12.4 Å². The molecule has 0 aliphatic carbocycles. The molecule has 24 heavy (non-hydrogen) atoms. The molecule has 0 unspecified atom stereocenters. The van der Waals surface area contributed by atoms with E-state index in [1.54, 1.807) is 30.3 Å². The maximum absolute atomic E-state index is 12.5. The van der Waals surface area contributed by atoms with Gasteiger partial charge in [0.2, 0.25) is 0 Å². The van der Waals surface area contributed by atoms with Crippen molar-refractivity contribution >= 4 is 17.6 Å². The van der Waals surface area contributed by atoms with Crippen LogP contribution in [0.3, 0.4) is 0 Å². The molecule has 1 aromatic heterocycles. The zero-order chi connectivity index (χ0) is 16.9. The van der Waals surface area contributed by atoms with Crippen LogP contribution in [0.4, 0.5) is 5.69 Å². The summed E-state index contributed by atoms with van der Waals surface area (Å²) < 4.78 is 10.0.